The molecule has 0 aliphatic carbocycles. The molecular weight excluding hydrogens is 226 g/mol. The smallest absolute Gasteiger partial charge is 0.327 e. The van der Waals surface area contributed by atoms with Crippen molar-refractivity contribution in [2.75, 3.05) is 12.3 Å². The van der Waals surface area contributed by atoms with Crippen molar-refractivity contribution in [1.29, 1.82) is 0 Å². The number of anilines is 1. The quantitative estimate of drug-likeness (QED) is 0.559. The zero-order chi connectivity index (χ0) is 12.4. The first kappa shape index (κ1) is 11.6. The molecule has 0 spiro atoms. The molecule has 0 fully saturated rings. The zero-order valence-corrected chi connectivity index (χ0v) is 8.91. The van der Waals surface area contributed by atoms with Gasteiger partial charge < -0.3 is 30.5 Å². The van der Waals surface area contributed by atoms with Gasteiger partial charge in [-0.1, -0.05) is 6.07 Å². The van der Waals surface area contributed by atoms with E-state index < -0.39 is 24.6 Å². The molecule has 1 aliphatic rings. The van der Waals surface area contributed by atoms with E-state index in [0.29, 0.717) is 11.4 Å². The van der Waals surface area contributed by atoms with E-state index in [9.17, 15) is 10.2 Å². The molecule has 2 rings (SSSR count). The summed E-state index contributed by atoms with van der Waals surface area (Å²) in [7, 11) is 0. The van der Waals surface area contributed by atoms with Crippen LogP contribution in [0.4, 0.5) is 5.69 Å². The van der Waals surface area contributed by atoms with Gasteiger partial charge in [0.25, 0.3) is 0 Å². The average Bonchev–Trinajstić information content (AvgIpc) is 2.57. The minimum atomic E-state index is -1.28. The molecule has 92 valence electrons. The van der Waals surface area contributed by atoms with Crippen LogP contribution in [0.25, 0.3) is 0 Å². The summed E-state index contributed by atoms with van der Waals surface area (Å²) in [5.74, 6) is -0.286. The lowest BCUT2D eigenvalue weighted by Crippen LogP contribution is -2.27. The van der Waals surface area contributed by atoms with Crippen molar-refractivity contribution in [3.05, 3.63) is 36.0 Å². The topological polar surface area (TPSA) is 105 Å². The molecule has 0 bridgehead atoms. The van der Waals surface area contributed by atoms with Crippen LogP contribution in [-0.4, -0.2) is 34.1 Å². The van der Waals surface area contributed by atoms with Crippen molar-refractivity contribution in [1.82, 2.24) is 0 Å². The first-order valence-electron chi connectivity index (χ1n) is 5.04. The summed E-state index contributed by atoms with van der Waals surface area (Å²) in [5, 5.41) is 27.9. The minimum Gasteiger partial charge on any atom is -0.504 e. The first-order valence-corrected chi connectivity index (χ1v) is 5.04. The fourth-order valence-corrected chi connectivity index (χ4v) is 1.46. The molecule has 0 radical (unpaired) electrons. The van der Waals surface area contributed by atoms with Gasteiger partial charge in [-0.3, -0.25) is 0 Å². The van der Waals surface area contributed by atoms with Crippen LogP contribution < -0.4 is 10.5 Å². The van der Waals surface area contributed by atoms with E-state index in [1.165, 1.54) is 0 Å². The van der Waals surface area contributed by atoms with Crippen LogP contribution in [0.15, 0.2) is 36.0 Å². The number of nitrogens with two attached hydrogens (primary N) is 1. The molecule has 1 aliphatic heterocycles. The van der Waals surface area contributed by atoms with Crippen LogP contribution in [0, 0.1) is 0 Å². The SMILES string of the molecule is Nc1cccc(OC2=C(O)[C@@H](O)[C@@H](CO)O2)c1. The highest BCUT2D eigenvalue weighted by atomic mass is 16.7. The van der Waals surface area contributed by atoms with E-state index in [2.05, 4.69) is 0 Å². The maximum absolute atomic E-state index is 9.53. The van der Waals surface area contributed by atoms with Crippen LogP contribution in [0.5, 0.6) is 5.75 Å². The van der Waals surface area contributed by atoms with E-state index in [0.717, 1.165) is 0 Å². The molecule has 5 N–H and O–H groups in total. The summed E-state index contributed by atoms with van der Waals surface area (Å²) < 4.78 is 10.3. The van der Waals surface area contributed by atoms with Crippen molar-refractivity contribution in [2.24, 2.45) is 0 Å². The molecule has 1 aromatic rings. The molecule has 0 amide bonds. The summed E-state index contributed by atoms with van der Waals surface area (Å²) in [6.07, 6.45) is -2.19. The minimum absolute atomic E-state index is 0.220. The van der Waals surface area contributed by atoms with Crippen LogP contribution in [0.3, 0.4) is 0 Å². The lowest BCUT2D eigenvalue weighted by Gasteiger charge is -2.11. The average molecular weight is 239 g/mol. The van der Waals surface area contributed by atoms with Gasteiger partial charge in [0.2, 0.25) is 5.76 Å². The third-order valence-corrected chi connectivity index (χ3v) is 2.35. The monoisotopic (exact) mass is 239 g/mol. The highest BCUT2D eigenvalue weighted by molar-refractivity contribution is 5.44. The van der Waals surface area contributed by atoms with Crippen molar-refractivity contribution < 1.29 is 24.8 Å². The highest BCUT2D eigenvalue weighted by Gasteiger charge is 2.36. The Kier molecular flexibility index (Phi) is 3.08. The standard InChI is InChI=1S/C11H13NO5/c12-6-2-1-3-7(4-6)16-11-10(15)9(14)8(5-13)17-11/h1-4,8-9,13-15H,5,12H2/t8-,9+/m1/s1. The maximum Gasteiger partial charge on any atom is 0.327 e. The van der Waals surface area contributed by atoms with E-state index in [4.69, 9.17) is 20.3 Å². The van der Waals surface area contributed by atoms with Gasteiger partial charge in [0.05, 0.1) is 6.61 Å². The van der Waals surface area contributed by atoms with Gasteiger partial charge in [-0.2, -0.15) is 0 Å². The largest absolute Gasteiger partial charge is 0.504 e. The van der Waals surface area contributed by atoms with Crippen LogP contribution in [-0.2, 0) is 4.74 Å². The summed E-state index contributed by atoms with van der Waals surface area (Å²) >= 11 is 0. The molecule has 1 heterocycles. The van der Waals surface area contributed by atoms with E-state index >= 15 is 0 Å². The van der Waals surface area contributed by atoms with Gasteiger partial charge >= 0.3 is 5.95 Å². The Balaban J connectivity index is 2.14. The normalized spacial score (nSPS) is 23.6. The maximum atomic E-state index is 9.53. The molecule has 17 heavy (non-hydrogen) atoms. The Morgan fingerprint density at radius 2 is 2.18 bits per heavy atom. The van der Waals surface area contributed by atoms with E-state index in [1.54, 1.807) is 24.3 Å². The Bertz CT molecular complexity index is 445. The summed E-state index contributed by atoms with van der Waals surface area (Å²) in [5.41, 5.74) is 6.06. The fourth-order valence-electron chi connectivity index (χ4n) is 1.46. The van der Waals surface area contributed by atoms with Crippen molar-refractivity contribution in [2.45, 2.75) is 12.2 Å². The summed E-state index contributed by atoms with van der Waals surface area (Å²) in [6.45, 7) is -0.422. The van der Waals surface area contributed by atoms with Crippen LogP contribution in [0.1, 0.15) is 0 Å². The number of nitrogen functional groups attached to an aromatic ring is 1. The van der Waals surface area contributed by atoms with Gasteiger partial charge in [-0.05, 0) is 12.1 Å². The molecule has 1 aromatic carbocycles. The second kappa shape index (κ2) is 4.52. The van der Waals surface area contributed by atoms with Crippen molar-refractivity contribution in [3.8, 4) is 5.75 Å². The van der Waals surface area contributed by atoms with Gasteiger partial charge in [-0.25, -0.2) is 0 Å². The van der Waals surface area contributed by atoms with Gasteiger partial charge in [0, 0.05) is 11.8 Å². The van der Waals surface area contributed by atoms with Gasteiger partial charge in [0.15, 0.2) is 12.2 Å². The second-order valence-corrected chi connectivity index (χ2v) is 3.63. The number of hydrogen-bond acceptors (Lipinski definition) is 6. The van der Waals surface area contributed by atoms with E-state index in [-0.39, 0.29) is 5.95 Å². The number of aliphatic hydroxyl groups is 3. The van der Waals surface area contributed by atoms with E-state index in [1.807, 2.05) is 0 Å². The molecule has 6 heteroatoms. The molecule has 6 nitrogen and oxygen atoms in total. The molecule has 2 atom stereocenters. The lowest BCUT2D eigenvalue weighted by atomic mass is 10.2. The molecular formula is C11H13NO5. The Morgan fingerprint density at radius 3 is 2.76 bits per heavy atom. The van der Waals surface area contributed by atoms with Crippen LogP contribution in [0.2, 0.25) is 0 Å². The number of hydrogen-bond donors (Lipinski definition) is 4. The molecule has 0 saturated heterocycles. The molecule has 0 saturated carbocycles. The predicted octanol–water partition coefficient (Wildman–Crippen LogP) is 0.127. The number of rotatable bonds is 3. The summed E-state index contributed by atoms with van der Waals surface area (Å²) in [6, 6.07) is 6.53. The third-order valence-electron chi connectivity index (χ3n) is 2.35. The molecule has 0 aromatic heterocycles. The number of aliphatic hydroxyl groups excluding tert-OH is 3. The van der Waals surface area contributed by atoms with Gasteiger partial charge in [-0.15, -0.1) is 0 Å². The van der Waals surface area contributed by atoms with Gasteiger partial charge in [0.1, 0.15) is 5.75 Å². The second-order valence-electron chi connectivity index (χ2n) is 3.63. The predicted molar refractivity (Wildman–Crippen MR) is 59.1 cm³/mol. The van der Waals surface area contributed by atoms with Crippen LogP contribution >= 0.6 is 0 Å². The Morgan fingerprint density at radius 1 is 1.41 bits per heavy atom. The zero-order valence-electron chi connectivity index (χ0n) is 8.91. The fraction of sp³-hybridized carbons (Fsp3) is 0.273. The van der Waals surface area contributed by atoms with Crippen molar-refractivity contribution >= 4 is 5.69 Å². The third kappa shape index (κ3) is 2.27. The molecule has 0 unspecified atom stereocenters. The lowest BCUT2D eigenvalue weighted by molar-refractivity contribution is -0.0180. The highest BCUT2D eigenvalue weighted by Crippen LogP contribution is 2.27. The number of ether oxygens (including phenoxy) is 2. The Hall–Kier alpha value is -1.92. The first-order chi connectivity index (χ1) is 8.11. The number of benzene rings is 1. The Labute approximate surface area is 97.5 Å². The van der Waals surface area contributed by atoms with Crippen molar-refractivity contribution in [3.63, 3.8) is 0 Å². The summed E-state index contributed by atoms with van der Waals surface area (Å²) in [4.78, 5) is 0.